The third-order valence-electron chi connectivity index (χ3n) is 6.76. The Kier molecular flexibility index (Phi) is 8.64. The number of piperidine rings is 1. The van der Waals surface area contributed by atoms with Crippen molar-refractivity contribution in [2.75, 3.05) is 43.9 Å². The van der Waals surface area contributed by atoms with Crippen LogP contribution >= 0.6 is 0 Å². The van der Waals surface area contributed by atoms with Gasteiger partial charge < -0.3 is 24.8 Å². The van der Waals surface area contributed by atoms with Gasteiger partial charge >= 0.3 is 6.18 Å². The summed E-state index contributed by atoms with van der Waals surface area (Å²) in [4.78, 5) is 2.28. The Morgan fingerprint density at radius 2 is 1.87 bits per heavy atom. The van der Waals surface area contributed by atoms with Crippen molar-refractivity contribution in [3.05, 3.63) is 48.2 Å². The summed E-state index contributed by atoms with van der Waals surface area (Å²) in [6, 6.07) is 11.4. The van der Waals surface area contributed by atoms with E-state index in [2.05, 4.69) is 34.3 Å². The number of nitrogens with one attached hydrogen (secondary N) is 2. The number of aromatic nitrogens is 1. The number of methoxy groups -OCH3 is 1. The molecule has 1 fully saturated rings. The summed E-state index contributed by atoms with van der Waals surface area (Å²) in [6.07, 6.45) is -2.49. The minimum Gasteiger partial charge on any atom is -0.495 e. The Hall–Kier alpha value is -3.40. The molecule has 0 bridgehead atoms. The Labute approximate surface area is 226 Å². The van der Waals surface area contributed by atoms with Gasteiger partial charge in [-0.05, 0) is 55.6 Å². The first kappa shape index (κ1) is 28.6. The van der Waals surface area contributed by atoms with E-state index in [-0.39, 0.29) is 28.9 Å². The molecule has 3 aromatic rings. The Morgan fingerprint density at radius 1 is 1.13 bits per heavy atom. The van der Waals surface area contributed by atoms with Crippen molar-refractivity contribution < 1.29 is 26.3 Å². The highest BCUT2D eigenvalue weighted by Gasteiger charge is 2.30. The average molecular weight is 564 g/mol. The van der Waals surface area contributed by atoms with Gasteiger partial charge in [-0.3, -0.25) is 0 Å². The molecule has 0 amide bonds. The molecule has 1 aromatic heterocycles. The van der Waals surface area contributed by atoms with Crippen molar-refractivity contribution in [3.8, 4) is 17.6 Å². The van der Waals surface area contributed by atoms with Crippen LogP contribution in [0.15, 0.2) is 47.4 Å². The molecular weight excluding hydrogens is 531 g/mol. The van der Waals surface area contributed by atoms with E-state index in [1.807, 2.05) is 6.07 Å². The van der Waals surface area contributed by atoms with Crippen LogP contribution in [-0.4, -0.2) is 63.4 Å². The van der Waals surface area contributed by atoms with Crippen LogP contribution in [-0.2, 0) is 16.6 Å². The number of nitrogens with zero attached hydrogens (tertiary/aromatic N) is 2. The lowest BCUT2D eigenvalue weighted by Crippen LogP contribution is -2.38. The molecule has 8 nitrogen and oxygen atoms in total. The predicted octanol–water partition coefficient (Wildman–Crippen LogP) is 4.22. The molecule has 12 heteroatoms. The maximum atomic E-state index is 13.5. The molecule has 2 aromatic carbocycles. The summed E-state index contributed by atoms with van der Waals surface area (Å²) in [5, 5.41) is 12.4. The molecule has 39 heavy (non-hydrogen) atoms. The number of benzene rings is 2. The minimum atomic E-state index is -4.42. The summed E-state index contributed by atoms with van der Waals surface area (Å²) < 4.78 is 70.1. The number of halogens is 3. The summed E-state index contributed by atoms with van der Waals surface area (Å²) in [7, 11) is -2.52. The smallest absolute Gasteiger partial charge is 0.406 e. The van der Waals surface area contributed by atoms with Gasteiger partial charge in [0.1, 0.15) is 12.3 Å². The number of hydrogen-bond acceptors (Lipinski definition) is 6. The molecule has 1 aliphatic rings. The standard InChI is InChI=1S/C27H32F3N5O3S/c1-3-34-14-11-19(12-15-34)33-23-7-4-8-25-22(23)16-20(35(25)18-27(28,29)30)6-5-13-32-24-10-9-21(39(31,36)37)17-26(24)38-2/h4,7-10,16-17,19,32-33H,3,11-15,18H2,1-2H3,(H2,31,36,37). The highest BCUT2D eigenvalue weighted by molar-refractivity contribution is 7.89. The second-order valence-electron chi connectivity index (χ2n) is 9.38. The minimum absolute atomic E-state index is 0.0831. The van der Waals surface area contributed by atoms with Gasteiger partial charge in [0.25, 0.3) is 0 Å². The van der Waals surface area contributed by atoms with Crippen molar-refractivity contribution in [3.63, 3.8) is 0 Å². The molecule has 4 rings (SSSR count). The van der Waals surface area contributed by atoms with Crippen LogP contribution in [0.3, 0.4) is 0 Å². The summed E-state index contributed by atoms with van der Waals surface area (Å²) in [5.74, 6) is 5.99. The van der Waals surface area contributed by atoms with Crippen molar-refractivity contribution in [1.82, 2.24) is 9.47 Å². The molecule has 0 aliphatic carbocycles. The van der Waals surface area contributed by atoms with Crippen LogP contribution in [0.5, 0.6) is 5.75 Å². The van der Waals surface area contributed by atoms with E-state index in [1.54, 1.807) is 18.2 Å². The second-order valence-corrected chi connectivity index (χ2v) is 10.9. The lowest BCUT2D eigenvalue weighted by molar-refractivity contribution is -0.140. The van der Waals surface area contributed by atoms with Gasteiger partial charge in [-0.25, -0.2) is 13.6 Å². The van der Waals surface area contributed by atoms with Crippen LogP contribution in [0, 0.1) is 11.8 Å². The lowest BCUT2D eigenvalue weighted by atomic mass is 10.0. The molecule has 1 aliphatic heterocycles. The lowest BCUT2D eigenvalue weighted by Gasteiger charge is -2.32. The number of sulfonamides is 1. The molecule has 1 saturated heterocycles. The molecule has 0 atom stereocenters. The van der Waals surface area contributed by atoms with Gasteiger partial charge in [0.2, 0.25) is 10.0 Å². The van der Waals surface area contributed by atoms with E-state index in [0.717, 1.165) is 38.2 Å². The van der Waals surface area contributed by atoms with Gasteiger partial charge in [-0.15, -0.1) is 0 Å². The number of rotatable bonds is 8. The number of alkyl halides is 3. The number of hydrogen-bond donors (Lipinski definition) is 3. The maximum Gasteiger partial charge on any atom is 0.406 e. The molecule has 210 valence electrons. The zero-order valence-corrected chi connectivity index (χ0v) is 22.6. The largest absolute Gasteiger partial charge is 0.495 e. The number of ether oxygens (including phenoxy) is 1. The predicted molar refractivity (Wildman–Crippen MR) is 146 cm³/mol. The molecule has 4 N–H and O–H groups in total. The van der Waals surface area contributed by atoms with Gasteiger partial charge in [0, 0.05) is 36.3 Å². The van der Waals surface area contributed by atoms with Gasteiger partial charge in [0.05, 0.1) is 35.4 Å². The normalized spacial score (nSPS) is 15.1. The van der Waals surface area contributed by atoms with Crippen LogP contribution < -0.4 is 20.5 Å². The molecule has 2 heterocycles. The molecule has 0 unspecified atom stereocenters. The molecular formula is C27H32F3N5O3S. The fraction of sp³-hybridized carbons (Fsp3) is 0.407. The Morgan fingerprint density at radius 3 is 2.51 bits per heavy atom. The van der Waals surface area contributed by atoms with E-state index in [0.29, 0.717) is 16.6 Å². The number of likely N-dealkylation sites (tertiary alicyclic amines) is 1. The van der Waals surface area contributed by atoms with Gasteiger partial charge in [-0.2, -0.15) is 13.2 Å². The van der Waals surface area contributed by atoms with Gasteiger partial charge in [0.15, 0.2) is 0 Å². The first-order valence-corrected chi connectivity index (χ1v) is 14.1. The van der Waals surface area contributed by atoms with Crippen molar-refractivity contribution in [1.29, 1.82) is 0 Å². The van der Waals surface area contributed by atoms with Crippen molar-refractivity contribution in [2.24, 2.45) is 5.14 Å². The monoisotopic (exact) mass is 563 g/mol. The SMILES string of the molecule is CCN1CCC(Nc2cccc3c2cc(C#CCNc2ccc(S(N)(=O)=O)cc2OC)n3CC(F)(F)F)CC1. The summed E-state index contributed by atoms with van der Waals surface area (Å²) >= 11 is 0. The fourth-order valence-corrected chi connectivity index (χ4v) is 5.27. The first-order chi connectivity index (χ1) is 18.5. The van der Waals surface area contributed by atoms with E-state index in [4.69, 9.17) is 9.88 Å². The van der Waals surface area contributed by atoms with E-state index in [1.165, 1.54) is 29.9 Å². The quantitative estimate of drug-likeness (QED) is 0.355. The highest BCUT2D eigenvalue weighted by atomic mass is 32.2. The zero-order chi connectivity index (χ0) is 28.2. The van der Waals surface area contributed by atoms with E-state index >= 15 is 0 Å². The Balaban J connectivity index is 1.58. The number of primary sulfonamides is 1. The third kappa shape index (κ3) is 7.17. The summed E-state index contributed by atoms with van der Waals surface area (Å²) in [5.41, 5.74) is 1.97. The third-order valence-corrected chi connectivity index (χ3v) is 7.67. The fourth-order valence-electron chi connectivity index (χ4n) is 4.75. The highest BCUT2D eigenvalue weighted by Crippen LogP contribution is 2.31. The van der Waals surface area contributed by atoms with Crippen LogP contribution in [0.4, 0.5) is 24.5 Å². The van der Waals surface area contributed by atoms with Crippen LogP contribution in [0.1, 0.15) is 25.5 Å². The van der Waals surface area contributed by atoms with Crippen LogP contribution in [0.2, 0.25) is 0 Å². The first-order valence-electron chi connectivity index (χ1n) is 12.6. The average Bonchev–Trinajstić information content (AvgIpc) is 3.23. The van der Waals surface area contributed by atoms with Crippen LogP contribution in [0.25, 0.3) is 10.9 Å². The zero-order valence-electron chi connectivity index (χ0n) is 21.8. The number of nitrogens with two attached hydrogens (primary N) is 1. The van der Waals surface area contributed by atoms with Gasteiger partial charge in [-0.1, -0.05) is 18.9 Å². The topological polar surface area (TPSA) is 102 Å². The summed E-state index contributed by atoms with van der Waals surface area (Å²) in [6.45, 7) is 4.04. The van der Waals surface area contributed by atoms with E-state index in [9.17, 15) is 21.6 Å². The molecule has 0 saturated carbocycles. The van der Waals surface area contributed by atoms with Crippen molar-refractivity contribution in [2.45, 2.75) is 43.4 Å². The number of anilines is 2. The maximum absolute atomic E-state index is 13.5. The van der Waals surface area contributed by atoms with E-state index < -0.39 is 22.7 Å². The molecule has 0 radical (unpaired) electrons. The Bertz CT molecular complexity index is 1480. The number of fused-ring (bicyclic) bond motifs is 1. The molecule has 0 spiro atoms. The van der Waals surface area contributed by atoms with Crippen molar-refractivity contribution >= 4 is 32.3 Å². The second kappa shape index (κ2) is 11.8.